The van der Waals surface area contributed by atoms with E-state index in [4.69, 9.17) is 5.73 Å². The molecule has 98 valence electrons. The molecule has 2 amide bonds. The molecule has 0 bridgehead atoms. The van der Waals surface area contributed by atoms with Gasteiger partial charge in [0.2, 0.25) is 0 Å². The number of carbonyl (C=O) groups excluding carboxylic acids is 3. The van der Waals surface area contributed by atoms with Crippen molar-refractivity contribution in [3.63, 3.8) is 0 Å². The molecule has 1 aromatic carbocycles. The van der Waals surface area contributed by atoms with E-state index in [0.29, 0.717) is 23.4 Å². The van der Waals surface area contributed by atoms with E-state index in [1.807, 2.05) is 0 Å². The molecule has 6 heteroatoms. The number of anilines is 1. The number of nitrogens with zero attached hydrogens (tertiary/aromatic N) is 1. The fourth-order valence-electron chi connectivity index (χ4n) is 2.59. The molecule has 0 radical (unpaired) electrons. The Morgan fingerprint density at radius 1 is 1.26 bits per heavy atom. The predicted molar refractivity (Wildman–Crippen MR) is 67.1 cm³/mol. The van der Waals surface area contributed by atoms with E-state index in [0.717, 1.165) is 0 Å². The van der Waals surface area contributed by atoms with Crippen molar-refractivity contribution in [2.75, 3.05) is 12.3 Å². The predicted octanol–water partition coefficient (Wildman–Crippen LogP) is -0.318. The first kappa shape index (κ1) is 11.7. The quantitative estimate of drug-likeness (QED) is 0.534. The number of piperidine rings is 1. The average Bonchev–Trinajstić information content (AvgIpc) is 2.69. The summed E-state index contributed by atoms with van der Waals surface area (Å²) < 4.78 is 0. The lowest BCUT2D eigenvalue weighted by molar-refractivity contribution is -0.137. The summed E-state index contributed by atoms with van der Waals surface area (Å²) in [4.78, 5) is 37.3. The molecule has 1 fully saturated rings. The summed E-state index contributed by atoms with van der Waals surface area (Å²) in [5, 5.41) is 2.62. The summed E-state index contributed by atoms with van der Waals surface area (Å²) in [7, 11) is 0. The van der Waals surface area contributed by atoms with Gasteiger partial charge in [0.25, 0.3) is 11.8 Å². The number of fused-ring (bicyclic) bond motifs is 1. The molecule has 6 nitrogen and oxygen atoms in total. The summed E-state index contributed by atoms with van der Waals surface area (Å²) in [5.74, 6) is -0.933. The summed E-state index contributed by atoms with van der Waals surface area (Å²) in [6.45, 7) is 0.552. The Kier molecular flexibility index (Phi) is 2.51. The number of ketones is 1. The van der Waals surface area contributed by atoms with Crippen molar-refractivity contribution in [2.24, 2.45) is 0 Å². The standard InChI is InChI=1S/C13H13N3O3/c14-9-3-1-2-7-8(9)6-16(13(7)19)11-10(17)4-5-15-12(11)18/h1-3,11H,4-6,14H2,(H,15,18). The minimum atomic E-state index is -1.02. The van der Waals surface area contributed by atoms with E-state index >= 15 is 0 Å². The second-order valence-electron chi connectivity index (χ2n) is 4.72. The zero-order chi connectivity index (χ0) is 13.6. The monoisotopic (exact) mass is 259 g/mol. The number of hydrogen-bond acceptors (Lipinski definition) is 4. The van der Waals surface area contributed by atoms with Crippen molar-refractivity contribution in [2.45, 2.75) is 19.0 Å². The fourth-order valence-corrected chi connectivity index (χ4v) is 2.59. The van der Waals surface area contributed by atoms with Crippen molar-refractivity contribution < 1.29 is 14.4 Å². The van der Waals surface area contributed by atoms with Gasteiger partial charge < -0.3 is 16.0 Å². The van der Waals surface area contributed by atoms with Crippen LogP contribution in [0.3, 0.4) is 0 Å². The molecule has 2 aliphatic heterocycles. The van der Waals surface area contributed by atoms with Crippen LogP contribution in [0.15, 0.2) is 18.2 Å². The summed E-state index contributed by atoms with van der Waals surface area (Å²) in [5.41, 5.74) is 7.51. The van der Waals surface area contributed by atoms with Gasteiger partial charge in [-0.05, 0) is 12.1 Å². The molecule has 2 heterocycles. The molecule has 1 aromatic rings. The van der Waals surface area contributed by atoms with Gasteiger partial charge >= 0.3 is 0 Å². The molecule has 0 aliphatic carbocycles. The minimum absolute atomic E-state index is 0.213. The zero-order valence-corrected chi connectivity index (χ0v) is 10.2. The van der Waals surface area contributed by atoms with Crippen LogP contribution in [-0.2, 0) is 16.1 Å². The van der Waals surface area contributed by atoms with Crippen molar-refractivity contribution in [3.8, 4) is 0 Å². The van der Waals surface area contributed by atoms with Gasteiger partial charge in [-0.1, -0.05) is 6.07 Å². The Bertz CT molecular complexity index is 581. The second-order valence-corrected chi connectivity index (χ2v) is 4.72. The smallest absolute Gasteiger partial charge is 0.255 e. The van der Waals surface area contributed by atoms with Crippen LogP contribution in [0.2, 0.25) is 0 Å². The third-order valence-corrected chi connectivity index (χ3v) is 3.57. The second kappa shape index (κ2) is 4.08. The first-order valence-electron chi connectivity index (χ1n) is 6.08. The van der Waals surface area contributed by atoms with Gasteiger partial charge in [-0.2, -0.15) is 0 Å². The van der Waals surface area contributed by atoms with E-state index in [2.05, 4.69) is 5.32 Å². The fraction of sp³-hybridized carbons (Fsp3) is 0.308. The van der Waals surface area contributed by atoms with Crippen LogP contribution < -0.4 is 11.1 Å². The van der Waals surface area contributed by atoms with Gasteiger partial charge in [-0.25, -0.2) is 0 Å². The lowest BCUT2D eigenvalue weighted by Gasteiger charge is -2.28. The van der Waals surface area contributed by atoms with Crippen molar-refractivity contribution >= 4 is 23.3 Å². The van der Waals surface area contributed by atoms with Crippen LogP contribution in [0.25, 0.3) is 0 Å². The molecule has 0 aromatic heterocycles. The van der Waals surface area contributed by atoms with E-state index < -0.39 is 11.9 Å². The third-order valence-electron chi connectivity index (χ3n) is 3.57. The minimum Gasteiger partial charge on any atom is -0.398 e. The lowest BCUT2D eigenvalue weighted by Crippen LogP contribution is -2.55. The molecule has 1 saturated heterocycles. The SMILES string of the molecule is Nc1cccc2c1CN(C1C(=O)CCNC1=O)C2=O. The van der Waals surface area contributed by atoms with Crippen LogP contribution >= 0.6 is 0 Å². The highest BCUT2D eigenvalue weighted by molar-refractivity contribution is 6.12. The number of Topliss-reactive ketones (excluding diaryl/α,β-unsaturated/α-hetero) is 1. The van der Waals surface area contributed by atoms with Gasteiger partial charge in [-0.15, -0.1) is 0 Å². The van der Waals surface area contributed by atoms with E-state index in [1.54, 1.807) is 18.2 Å². The lowest BCUT2D eigenvalue weighted by atomic mass is 10.0. The first-order valence-corrected chi connectivity index (χ1v) is 6.08. The van der Waals surface area contributed by atoms with Gasteiger partial charge in [0, 0.05) is 29.8 Å². The first-order chi connectivity index (χ1) is 9.09. The maximum absolute atomic E-state index is 12.3. The van der Waals surface area contributed by atoms with E-state index in [-0.39, 0.29) is 24.7 Å². The van der Waals surface area contributed by atoms with E-state index in [1.165, 1.54) is 4.90 Å². The molecule has 0 saturated carbocycles. The molecule has 1 unspecified atom stereocenters. The molecule has 3 rings (SSSR count). The summed E-state index contributed by atoms with van der Waals surface area (Å²) in [6.07, 6.45) is 0.256. The highest BCUT2D eigenvalue weighted by Gasteiger charge is 2.42. The summed E-state index contributed by atoms with van der Waals surface area (Å²) in [6, 6.07) is 4.05. The Morgan fingerprint density at radius 3 is 2.74 bits per heavy atom. The zero-order valence-electron chi connectivity index (χ0n) is 10.2. The van der Waals surface area contributed by atoms with Gasteiger partial charge in [0.15, 0.2) is 11.8 Å². The van der Waals surface area contributed by atoms with Crippen molar-refractivity contribution in [1.29, 1.82) is 0 Å². The Morgan fingerprint density at radius 2 is 2.05 bits per heavy atom. The van der Waals surface area contributed by atoms with Gasteiger partial charge in [0.05, 0.1) is 6.54 Å². The number of rotatable bonds is 1. The van der Waals surface area contributed by atoms with Crippen LogP contribution in [0, 0.1) is 0 Å². The van der Waals surface area contributed by atoms with Crippen LogP contribution in [0.5, 0.6) is 0 Å². The molecule has 19 heavy (non-hydrogen) atoms. The molecular weight excluding hydrogens is 246 g/mol. The Labute approximate surface area is 109 Å². The van der Waals surface area contributed by atoms with Gasteiger partial charge in [0.1, 0.15) is 0 Å². The average molecular weight is 259 g/mol. The molecule has 1 atom stereocenters. The van der Waals surface area contributed by atoms with Crippen molar-refractivity contribution in [1.82, 2.24) is 10.2 Å². The normalized spacial score (nSPS) is 22.4. The molecule has 3 N–H and O–H groups in total. The number of hydrogen-bond donors (Lipinski definition) is 2. The maximum atomic E-state index is 12.3. The number of nitrogen functional groups attached to an aromatic ring is 1. The Balaban J connectivity index is 1.97. The number of benzene rings is 1. The molecule has 0 spiro atoms. The Hall–Kier alpha value is -2.37. The summed E-state index contributed by atoms with van der Waals surface area (Å²) >= 11 is 0. The van der Waals surface area contributed by atoms with Gasteiger partial charge in [-0.3, -0.25) is 14.4 Å². The molecular formula is C13H13N3O3. The number of amides is 2. The number of nitrogens with one attached hydrogen (secondary N) is 1. The largest absolute Gasteiger partial charge is 0.398 e. The number of nitrogens with two attached hydrogens (primary N) is 1. The van der Waals surface area contributed by atoms with Crippen LogP contribution in [0.4, 0.5) is 5.69 Å². The van der Waals surface area contributed by atoms with Crippen molar-refractivity contribution in [3.05, 3.63) is 29.3 Å². The highest BCUT2D eigenvalue weighted by atomic mass is 16.2. The van der Waals surface area contributed by atoms with Crippen LogP contribution in [0.1, 0.15) is 22.3 Å². The third kappa shape index (κ3) is 1.68. The maximum Gasteiger partial charge on any atom is 0.255 e. The topological polar surface area (TPSA) is 92.5 Å². The highest BCUT2D eigenvalue weighted by Crippen LogP contribution is 2.29. The van der Waals surface area contributed by atoms with E-state index in [9.17, 15) is 14.4 Å². The van der Waals surface area contributed by atoms with Crippen LogP contribution in [-0.4, -0.2) is 35.1 Å². The number of carbonyl (C=O) groups is 3. The molecule has 2 aliphatic rings.